The second kappa shape index (κ2) is 11.7. The number of allylic oxidation sites excluding steroid dienone is 1. The molecule has 0 aliphatic heterocycles. The van der Waals surface area contributed by atoms with Gasteiger partial charge in [-0.3, -0.25) is 4.79 Å². The van der Waals surface area contributed by atoms with E-state index < -0.39 is 5.97 Å². The number of hydrogen-bond donors (Lipinski definition) is 2. The zero-order valence-electron chi connectivity index (χ0n) is 14.8. The third-order valence-electron chi connectivity index (χ3n) is 3.29. The van der Waals surface area contributed by atoms with E-state index in [1.165, 1.54) is 11.8 Å². The Balaban J connectivity index is 0.000000314. The Kier molecular flexibility index (Phi) is 9.57. The number of carboxylic acid groups (broad SMARTS) is 1. The summed E-state index contributed by atoms with van der Waals surface area (Å²) in [5.41, 5.74) is 1.43. The minimum absolute atomic E-state index is 0.0390. The van der Waals surface area contributed by atoms with Gasteiger partial charge in [-0.05, 0) is 29.0 Å². The second-order valence-electron chi connectivity index (χ2n) is 5.27. The Hall–Kier alpha value is -2.79. The predicted octanol–water partition coefficient (Wildman–Crippen LogP) is 4.82. The fourth-order valence-corrected chi connectivity index (χ4v) is 2.67. The third kappa shape index (κ3) is 8.35. The molecule has 0 spiro atoms. The Morgan fingerprint density at radius 3 is 1.85 bits per heavy atom. The molecule has 5 heteroatoms. The first-order valence-corrected chi connectivity index (χ1v) is 8.84. The molecule has 0 fully saturated rings. The topological polar surface area (TPSA) is 66.4 Å². The van der Waals surface area contributed by atoms with E-state index in [-0.39, 0.29) is 5.91 Å². The summed E-state index contributed by atoms with van der Waals surface area (Å²) < 4.78 is 0. The predicted molar refractivity (Wildman–Crippen MR) is 109 cm³/mol. The average Bonchev–Trinajstić information content (AvgIpc) is 2.68. The first kappa shape index (κ1) is 21.3. The molecule has 0 heterocycles. The van der Waals surface area contributed by atoms with Crippen molar-refractivity contribution in [3.05, 3.63) is 89.9 Å². The van der Waals surface area contributed by atoms with Crippen LogP contribution in [0, 0.1) is 0 Å². The van der Waals surface area contributed by atoms with Gasteiger partial charge in [0.25, 0.3) is 0 Å². The summed E-state index contributed by atoms with van der Waals surface area (Å²) in [5.74, 6) is -0.840. The molecule has 0 aliphatic rings. The molecule has 0 saturated heterocycles. The molecule has 136 valence electrons. The molecule has 0 aliphatic carbocycles. The molecule has 26 heavy (non-hydrogen) atoms. The van der Waals surface area contributed by atoms with Crippen LogP contribution in [0.3, 0.4) is 0 Å². The smallest absolute Gasteiger partial charge is 0.335 e. The lowest BCUT2D eigenvalue weighted by Gasteiger charge is -2.07. The van der Waals surface area contributed by atoms with Crippen molar-refractivity contribution in [1.82, 2.24) is 5.32 Å². The Morgan fingerprint density at radius 2 is 1.42 bits per heavy atom. The van der Waals surface area contributed by atoms with Crippen LogP contribution in [0.4, 0.5) is 0 Å². The van der Waals surface area contributed by atoms with Gasteiger partial charge in [0, 0.05) is 18.4 Å². The molecule has 4 nitrogen and oxygen atoms in total. The average molecular weight is 369 g/mol. The van der Waals surface area contributed by atoms with Crippen LogP contribution in [0.1, 0.15) is 28.8 Å². The van der Waals surface area contributed by atoms with Crippen molar-refractivity contribution in [2.75, 3.05) is 7.05 Å². The number of benzene rings is 2. The highest BCUT2D eigenvalue weighted by Crippen LogP contribution is 2.32. The summed E-state index contributed by atoms with van der Waals surface area (Å²) in [4.78, 5) is 23.2. The lowest BCUT2D eigenvalue weighted by molar-refractivity contribution is -0.120. The molecule has 2 N–H and O–H groups in total. The van der Waals surface area contributed by atoms with Gasteiger partial charge in [-0.1, -0.05) is 73.5 Å². The van der Waals surface area contributed by atoms with E-state index in [2.05, 4.69) is 18.5 Å². The molecule has 0 bridgehead atoms. The maximum Gasteiger partial charge on any atom is 0.335 e. The van der Waals surface area contributed by atoms with E-state index in [1.807, 2.05) is 30.3 Å². The molecule has 0 atom stereocenters. The van der Waals surface area contributed by atoms with Gasteiger partial charge in [0.1, 0.15) is 0 Å². The zero-order chi connectivity index (χ0) is 19.4. The summed E-state index contributed by atoms with van der Waals surface area (Å²) in [5, 5.41) is 11.0. The normalized spacial score (nSPS) is 9.42. The van der Waals surface area contributed by atoms with Crippen LogP contribution >= 0.6 is 11.8 Å². The number of carboxylic acids is 1. The Morgan fingerprint density at radius 1 is 0.923 bits per heavy atom. The van der Waals surface area contributed by atoms with Gasteiger partial charge in [0.2, 0.25) is 5.91 Å². The van der Waals surface area contributed by atoms with Crippen molar-refractivity contribution < 1.29 is 14.7 Å². The van der Waals surface area contributed by atoms with E-state index in [0.29, 0.717) is 18.4 Å². The minimum Gasteiger partial charge on any atom is -0.478 e. The van der Waals surface area contributed by atoms with Crippen LogP contribution in [-0.4, -0.2) is 24.0 Å². The fraction of sp³-hybridized carbons (Fsp3) is 0.143. The first-order valence-electron chi connectivity index (χ1n) is 8.03. The van der Waals surface area contributed by atoms with Gasteiger partial charge in [-0.25, -0.2) is 4.79 Å². The molecule has 2 rings (SSSR count). The van der Waals surface area contributed by atoms with Crippen molar-refractivity contribution in [3.8, 4) is 0 Å². The molecule has 0 aromatic heterocycles. The molecular weight excluding hydrogens is 346 g/mol. The number of amides is 1. The quantitative estimate of drug-likeness (QED) is 0.735. The molecule has 0 saturated carbocycles. The van der Waals surface area contributed by atoms with Gasteiger partial charge >= 0.3 is 5.97 Å². The van der Waals surface area contributed by atoms with Crippen molar-refractivity contribution in [2.45, 2.75) is 12.8 Å². The standard InChI is InChI=1S/C14H17NOS.C7H6O2/c1-11(9-10-14(16)15-3)17-12(2)13-7-5-4-6-8-13;8-7(9)6-4-2-1-3-5-6/h4-8H,1-2,9-10H2,3H3,(H,15,16);1-5H,(H,8,9). The van der Waals surface area contributed by atoms with Crippen LogP contribution in [-0.2, 0) is 4.79 Å². The lowest BCUT2D eigenvalue weighted by Crippen LogP contribution is -2.16. The maximum atomic E-state index is 11.1. The van der Waals surface area contributed by atoms with Gasteiger partial charge in [0.15, 0.2) is 0 Å². The van der Waals surface area contributed by atoms with E-state index in [1.54, 1.807) is 37.4 Å². The van der Waals surface area contributed by atoms with Crippen LogP contribution in [0.2, 0.25) is 0 Å². The van der Waals surface area contributed by atoms with Gasteiger partial charge < -0.3 is 10.4 Å². The molecule has 0 radical (unpaired) electrons. The van der Waals surface area contributed by atoms with Crippen molar-refractivity contribution in [1.29, 1.82) is 0 Å². The van der Waals surface area contributed by atoms with Gasteiger partial charge in [0.05, 0.1) is 5.56 Å². The van der Waals surface area contributed by atoms with Gasteiger partial charge in [-0.15, -0.1) is 0 Å². The first-order chi connectivity index (χ1) is 12.4. The number of carbonyl (C=O) groups excluding carboxylic acids is 1. The summed E-state index contributed by atoms with van der Waals surface area (Å²) in [6, 6.07) is 18.3. The monoisotopic (exact) mass is 369 g/mol. The number of rotatable bonds is 7. The maximum absolute atomic E-state index is 11.1. The Bertz CT molecular complexity index is 742. The van der Waals surface area contributed by atoms with Crippen LogP contribution < -0.4 is 5.32 Å². The van der Waals surface area contributed by atoms with Crippen LogP contribution in [0.5, 0.6) is 0 Å². The highest BCUT2D eigenvalue weighted by Gasteiger charge is 2.04. The lowest BCUT2D eigenvalue weighted by atomic mass is 10.2. The largest absolute Gasteiger partial charge is 0.478 e. The van der Waals surface area contributed by atoms with E-state index in [9.17, 15) is 9.59 Å². The number of hydrogen-bond acceptors (Lipinski definition) is 3. The molecule has 1 amide bonds. The second-order valence-corrected chi connectivity index (χ2v) is 6.55. The molecule has 2 aromatic carbocycles. The summed E-state index contributed by atoms with van der Waals surface area (Å²) in [6.45, 7) is 7.96. The number of carbonyl (C=O) groups is 2. The molecule has 0 unspecified atom stereocenters. The third-order valence-corrected chi connectivity index (χ3v) is 4.27. The van der Waals surface area contributed by atoms with Crippen molar-refractivity contribution in [2.24, 2.45) is 0 Å². The Labute approximate surface area is 158 Å². The summed E-state index contributed by atoms with van der Waals surface area (Å²) in [7, 11) is 1.64. The van der Waals surface area contributed by atoms with Gasteiger partial charge in [-0.2, -0.15) is 0 Å². The highest BCUT2D eigenvalue weighted by atomic mass is 32.2. The van der Waals surface area contributed by atoms with E-state index >= 15 is 0 Å². The zero-order valence-corrected chi connectivity index (χ0v) is 15.6. The van der Waals surface area contributed by atoms with Crippen LogP contribution in [0.25, 0.3) is 4.91 Å². The fourth-order valence-electron chi connectivity index (χ4n) is 1.87. The van der Waals surface area contributed by atoms with Crippen LogP contribution in [0.15, 0.2) is 78.7 Å². The van der Waals surface area contributed by atoms with E-state index in [4.69, 9.17) is 5.11 Å². The van der Waals surface area contributed by atoms with Crippen molar-refractivity contribution >= 4 is 28.5 Å². The SMILES string of the molecule is C=C(CCC(=O)NC)SC(=C)c1ccccc1.O=C(O)c1ccccc1. The summed E-state index contributed by atoms with van der Waals surface area (Å²) >= 11 is 1.54. The summed E-state index contributed by atoms with van der Waals surface area (Å²) in [6.07, 6.45) is 1.15. The molecular formula is C21H23NO3S. The highest BCUT2D eigenvalue weighted by molar-refractivity contribution is 8.11. The van der Waals surface area contributed by atoms with E-state index in [0.717, 1.165) is 15.4 Å². The molecule has 2 aromatic rings. The number of thioether (sulfide) groups is 1. The number of nitrogens with one attached hydrogen (secondary N) is 1. The minimum atomic E-state index is -0.879. The number of aromatic carboxylic acids is 1. The van der Waals surface area contributed by atoms with Crippen molar-refractivity contribution in [3.63, 3.8) is 0 Å².